The Labute approximate surface area is 257 Å². The van der Waals surface area contributed by atoms with Crippen molar-refractivity contribution in [3.05, 3.63) is 83.9 Å². The number of fused-ring (bicyclic) bond motifs is 4. The second kappa shape index (κ2) is 10.5. The maximum Gasteiger partial charge on any atom is 0.256 e. The third-order valence-electron chi connectivity index (χ3n) is 8.72. The van der Waals surface area contributed by atoms with Crippen LogP contribution in [0.15, 0.2) is 72.8 Å². The van der Waals surface area contributed by atoms with Crippen molar-refractivity contribution in [2.45, 2.75) is 24.9 Å². The Kier molecular flexibility index (Phi) is 6.26. The van der Waals surface area contributed by atoms with Crippen LogP contribution in [0.5, 0.6) is 23.0 Å². The lowest BCUT2D eigenvalue weighted by Crippen LogP contribution is -2.55. The molecule has 8 rings (SSSR count). The summed E-state index contributed by atoms with van der Waals surface area (Å²) in [5.74, 6) is 1.82. The van der Waals surface area contributed by atoms with Crippen LogP contribution < -0.4 is 35.3 Å². The molecular weight excluding hydrogens is 576 g/mol. The zero-order valence-electron chi connectivity index (χ0n) is 24.0. The second-order valence-electron chi connectivity index (χ2n) is 11.4. The normalized spacial score (nSPS) is 19.3. The number of nitrogens with two attached hydrogens (primary N) is 1. The number of nitrogens with one attached hydrogen (secondary N) is 2. The van der Waals surface area contributed by atoms with Crippen LogP contribution in [0, 0.1) is 0 Å². The van der Waals surface area contributed by atoms with Crippen LogP contribution in [0.3, 0.4) is 0 Å². The Morgan fingerprint density at radius 2 is 1.38 bits per heavy atom. The highest BCUT2D eigenvalue weighted by molar-refractivity contribution is 6.10. The fraction of sp³-hybridized carbons (Fsp3) is 0.206. The number of hydrogen-bond donors (Lipinski definition) is 3. The molecule has 4 aliphatic rings. The molecule has 0 bridgehead atoms. The molecule has 2 atom stereocenters. The van der Waals surface area contributed by atoms with Gasteiger partial charge in [0, 0.05) is 18.3 Å². The summed E-state index contributed by atoms with van der Waals surface area (Å²) in [5.41, 5.74) is 11.3. The van der Waals surface area contributed by atoms with Gasteiger partial charge < -0.3 is 40.2 Å². The molecule has 4 aromatic rings. The van der Waals surface area contributed by atoms with Crippen molar-refractivity contribution >= 4 is 29.1 Å². The van der Waals surface area contributed by atoms with E-state index >= 15 is 0 Å². The van der Waals surface area contributed by atoms with Gasteiger partial charge in [0.15, 0.2) is 23.0 Å². The first-order valence-corrected chi connectivity index (χ1v) is 14.7. The minimum atomic E-state index is -0.733. The van der Waals surface area contributed by atoms with Gasteiger partial charge in [-0.05, 0) is 83.6 Å². The topological polar surface area (TPSA) is 141 Å². The number of nitrogen functional groups attached to an aromatic ring is 1. The summed E-state index contributed by atoms with van der Waals surface area (Å²) in [6, 6.07) is 20.9. The van der Waals surface area contributed by atoms with Gasteiger partial charge in [0.05, 0.1) is 16.8 Å². The van der Waals surface area contributed by atoms with Crippen molar-refractivity contribution in [1.82, 2.24) is 10.2 Å². The highest BCUT2D eigenvalue weighted by Gasteiger charge is 2.40. The van der Waals surface area contributed by atoms with E-state index in [1.807, 2.05) is 48.5 Å². The first kappa shape index (κ1) is 26.9. The molecule has 1 saturated heterocycles. The molecule has 1 fully saturated rings. The number of hydrogen-bond acceptors (Lipinski definition) is 8. The summed E-state index contributed by atoms with van der Waals surface area (Å²) in [5, 5.41) is 5.96. The number of anilines is 2. The monoisotopic (exact) mass is 604 g/mol. The van der Waals surface area contributed by atoms with Gasteiger partial charge in [-0.2, -0.15) is 0 Å². The van der Waals surface area contributed by atoms with E-state index in [0.29, 0.717) is 58.5 Å². The molecule has 11 heteroatoms. The molecule has 4 N–H and O–H groups in total. The first-order chi connectivity index (χ1) is 21.9. The maximum absolute atomic E-state index is 13.8. The molecule has 0 aromatic heterocycles. The number of carbonyl (C=O) groups excluding carboxylic acids is 3. The third-order valence-corrected chi connectivity index (χ3v) is 8.72. The lowest BCUT2D eigenvalue weighted by atomic mass is 9.95. The lowest BCUT2D eigenvalue weighted by Gasteiger charge is -2.37. The van der Waals surface area contributed by atoms with Gasteiger partial charge in [-0.25, -0.2) is 0 Å². The van der Waals surface area contributed by atoms with Crippen LogP contribution in [0.2, 0.25) is 0 Å². The molecule has 226 valence electrons. The van der Waals surface area contributed by atoms with Gasteiger partial charge >= 0.3 is 0 Å². The summed E-state index contributed by atoms with van der Waals surface area (Å²) in [6.07, 6.45) is 0.773. The number of piperidine rings is 1. The van der Waals surface area contributed by atoms with Crippen molar-refractivity contribution in [2.24, 2.45) is 0 Å². The van der Waals surface area contributed by atoms with E-state index in [1.165, 1.54) is 0 Å². The van der Waals surface area contributed by atoms with Crippen LogP contribution >= 0.6 is 0 Å². The molecular formula is C34H28N4O7. The highest BCUT2D eigenvalue weighted by Crippen LogP contribution is 2.39. The third kappa shape index (κ3) is 4.73. The predicted octanol–water partition coefficient (Wildman–Crippen LogP) is 4.42. The Morgan fingerprint density at radius 1 is 0.778 bits per heavy atom. The molecule has 0 saturated carbocycles. The Bertz CT molecular complexity index is 1910. The predicted molar refractivity (Wildman–Crippen MR) is 164 cm³/mol. The quantitative estimate of drug-likeness (QED) is 0.291. The average molecular weight is 605 g/mol. The molecule has 0 radical (unpaired) electrons. The lowest BCUT2D eigenvalue weighted by molar-refractivity contribution is -0.121. The summed E-state index contributed by atoms with van der Waals surface area (Å²) < 4.78 is 21.8. The molecule has 0 spiro atoms. The number of amides is 3. The van der Waals surface area contributed by atoms with E-state index in [4.69, 9.17) is 24.7 Å². The van der Waals surface area contributed by atoms with Crippen molar-refractivity contribution < 1.29 is 33.3 Å². The molecule has 2 unspecified atom stereocenters. The number of carbonyl (C=O) groups is 3. The number of ether oxygens (including phenoxy) is 4. The van der Waals surface area contributed by atoms with E-state index in [9.17, 15) is 14.4 Å². The number of benzene rings is 4. The van der Waals surface area contributed by atoms with Crippen molar-refractivity contribution in [3.8, 4) is 45.3 Å². The van der Waals surface area contributed by atoms with E-state index in [-0.39, 0.29) is 43.8 Å². The SMILES string of the molecule is Nc1cc(-c2ccc3c(c2)OCO3)ccc1C(=O)NC1CCN2C(=O)c3cc(-c4ccc5c(c4)OCO5)ccc3NC(=O)C2C1. The van der Waals surface area contributed by atoms with Gasteiger partial charge in [-0.1, -0.05) is 24.3 Å². The fourth-order valence-electron chi connectivity index (χ4n) is 6.33. The van der Waals surface area contributed by atoms with Crippen LogP contribution in [0.4, 0.5) is 11.4 Å². The van der Waals surface area contributed by atoms with Gasteiger partial charge in [0.1, 0.15) is 6.04 Å². The summed E-state index contributed by atoms with van der Waals surface area (Å²) in [6.45, 7) is 0.674. The fourth-order valence-corrected chi connectivity index (χ4v) is 6.33. The summed E-state index contributed by atoms with van der Waals surface area (Å²) in [4.78, 5) is 42.0. The van der Waals surface area contributed by atoms with Gasteiger partial charge in [0.25, 0.3) is 11.8 Å². The van der Waals surface area contributed by atoms with Crippen LogP contribution in [0.25, 0.3) is 22.3 Å². The Morgan fingerprint density at radius 3 is 2.07 bits per heavy atom. The standard InChI is InChI=1S/C34H28N4O7/c35-25-12-19(21-4-8-29-31(14-21)45-17-43-29)1-5-23(25)32(39)36-22-9-10-38-27(15-22)33(40)37-26-6-2-18(11-24(26)34(38)41)20-3-7-28-30(13-20)44-16-42-28/h1-8,11-14,22,27H,9-10,15-17,35H2,(H,36,39)(H,37,40). The zero-order valence-corrected chi connectivity index (χ0v) is 24.0. The summed E-state index contributed by atoms with van der Waals surface area (Å²) in [7, 11) is 0. The highest BCUT2D eigenvalue weighted by atomic mass is 16.7. The van der Waals surface area contributed by atoms with Gasteiger partial charge in [0.2, 0.25) is 19.5 Å². The average Bonchev–Trinajstić information content (AvgIpc) is 3.71. The van der Waals surface area contributed by atoms with E-state index < -0.39 is 6.04 Å². The van der Waals surface area contributed by atoms with E-state index in [1.54, 1.807) is 29.2 Å². The Hall–Kier alpha value is -5.71. The molecule has 3 amide bonds. The second-order valence-corrected chi connectivity index (χ2v) is 11.4. The van der Waals surface area contributed by atoms with Crippen LogP contribution in [0.1, 0.15) is 33.6 Å². The van der Waals surface area contributed by atoms with Crippen molar-refractivity contribution in [2.75, 3.05) is 31.2 Å². The Balaban J connectivity index is 0.972. The molecule has 11 nitrogen and oxygen atoms in total. The smallest absolute Gasteiger partial charge is 0.256 e. The molecule has 4 aromatic carbocycles. The zero-order chi connectivity index (χ0) is 30.7. The van der Waals surface area contributed by atoms with Crippen LogP contribution in [-0.4, -0.2) is 54.8 Å². The number of nitrogens with zero attached hydrogens (tertiary/aromatic N) is 1. The van der Waals surface area contributed by atoms with Gasteiger partial charge in [-0.15, -0.1) is 0 Å². The minimum absolute atomic E-state index is 0.174. The maximum atomic E-state index is 13.8. The first-order valence-electron chi connectivity index (χ1n) is 14.7. The largest absolute Gasteiger partial charge is 0.454 e. The van der Waals surface area contributed by atoms with Gasteiger partial charge in [-0.3, -0.25) is 14.4 Å². The molecule has 0 aliphatic carbocycles. The molecule has 4 aliphatic heterocycles. The molecule has 45 heavy (non-hydrogen) atoms. The summed E-state index contributed by atoms with van der Waals surface area (Å²) >= 11 is 0. The minimum Gasteiger partial charge on any atom is -0.454 e. The van der Waals surface area contributed by atoms with E-state index in [2.05, 4.69) is 10.6 Å². The van der Waals surface area contributed by atoms with Crippen LogP contribution in [-0.2, 0) is 4.79 Å². The molecule has 4 heterocycles. The van der Waals surface area contributed by atoms with Crippen molar-refractivity contribution in [1.29, 1.82) is 0 Å². The van der Waals surface area contributed by atoms with Crippen molar-refractivity contribution in [3.63, 3.8) is 0 Å². The number of rotatable bonds is 4. The van der Waals surface area contributed by atoms with E-state index in [0.717, 1.165) is 22.3 Å².